The molecule has 1 saturated carbocycles. The summed E-state index contributed by atoms with van der Waals surface area (Å²) >= 11 is 0. The van der Waals surface area contributed by atoms with Crippen molar-refractivity contribution in [3.05, 3.63) is 29.8 Å². The molecular weight excluding hydrogens is 268 g/mol. The molecule has 0 amide bonds. The highest BCUT2D eigenvalue weighted by atomic mass is 19.2. The number of hydrogen-bond acceptors (Lipinski definition) is 3. The largest absolute Gasteiger partial charge is 0.481 e. The first-order chi connectivity index (χ1) is 9.41. The van der Waals surface area contributed by atoms with E-state index in [0.717, 1.165) is 6.07 Å². The Morgan fingerprint density at radius 3 is 2.60 bits per heavy atom. The number of carbonyl (C=O) groups is 1. The summed E-state index contributed by atoms with van der Waals surface area (Å²) < 4.78 is 26.5. The van der Waals surface area contributed by atoms with Gasteiger partial charge in [-0.25, -0.2) is 8.78 Å². The summed E-state index contributed by atoms with van der Waals surface area (Å²) in [5.74, 6) is -3.20. The zero-order valence-electron chi connectivity index (χ0n) is 10.9. The number of carboxylic acid groups (broad SMARTS) is 1. The van der Waals surface area contributed by atoms with Gasteiger partial charge < -0.3 is 15.5 Å². The number of anilines is 1. The zero-order chi connectivity index (χ0) is 14.8. The molecule has 0 saturated heterocycles. The highest BCUT2D eigenvalue weighted by molar-refractivity contribution is 5.70. The molecule has 0 aromatic heterocycles. The van der Waals surface area contributed by atoms with Gasteiger partial charge in [0.2, 0.25) is 0 Å². The summed E-state index contributed by atoms with van der Waals surface area (Å²) in [6.45, 7) is 0.0692. The maximum absolute atomic E-state index is 13.5. The fraction of sp³-hybridized carbons (Fsp3) is 0.500. The Morgan fingerprint density at radius 2 is 2.00 bits per heavy atom. The van der Waals surface area contributed by atoms with E-state index in [0.29, 0.717) is 25.7 Å². The van der Waals surface area contributed by atoms with Gasteiger partial charge in [0.25, 0.3) is 0 Å². The van der Waals surface area contributed by atoms with E-state index in [9.17, 15) is 18.7 Å². The van der Waals surface area contributed by atoms with Crippen molar-refractivity contribution in [2.75, 3.05) is 11.9 Å². The quantitative estimate of drug-likeness (QED) is 0.794. The molecule has 0 heterocycles. The van der Waals surface area contributed by atoms with E-state index in [1.165, 1.54) is 12.1 Å². The van der Waals surface area contributed by atoms with Gasteiger partial charge in [0.15, 0.2) is 11.6 Å². The van der Waals surface area contributed by atoms with Crippen molar-refractivity contribution in [2.24, 2.45) is 5.92 Å². The van der Waals surface area contributed by atoms with Crippen LogP contribution in [-0.4, -0.2) is 28.3 Å². The molecular formula is C14H17F2NO3. The van der Waals surface area contributed by atoms with Crippen LogP contribution in [0.15, 0.2) is 18.2 Å². The highest BCUT2D eigenvalue weighted by Crippen LogP contribution is 2.32. The monoisotopic (exact) mass is 285 g/mol. The fourth-order valence-corrected chi connectivity index (χ4v) is 2.48. The average molecular weight is 285 g/mol. The third kappa shape index (κ3) is 3.25. The third-order valence-electron chi connectivity index (χ3n) is 3.83. The summed E-state index contributed by atoms with van der Waals surface area (Å²) in [7, 11) is 0. The van der Waals surface area contributed by atoms with Crippen LogP contribution in [0, 0.1) is 17.6 Å². The molecule has 20 heavy (non-hydrogen) atoms. The molecule has 0 atom stereocenters. The van der Waals surface area contributed by atoms with Gasteiger partial charge in [0.1, 0.15) is 0 Å². The van der Waals surface area contributed by atoms with Crippen LogP contribution in [0.5, 0.6) is 0 Å². The number of rotatable bonds is 4. The van der Waals surface area contributed by atoms with Crippen molar-refractivity contribution in [3.63, 3.8) is 0 Å². The molecule has 1 aliphatic rings. The Labute approximate surface area is 115 Å². The molecule has 4 nitrogen and oxygen atoms in total. The second-order valence-electron chi connectivity index (χ2n) is 5.29. The normalized spacial score (nSPS) is 26.2. The number of aliphatic hydroxyl groups is 1. The van der Waals surface area contributed by atoms with Gasteiger partial charge in [-0.15, -0.1) is 0 Å². The SMILES string of the molecule is O=C(O)C1CCC(O)(CNc2cccc(F)c2F)CC1. The molecule has 2 rings (SSSR count). The lowest BCUT2D eigenvalue weighted by Crippen LogP contribution is -2.42. The van der Waals surface area contributed by atoms with Crippen LogP contribution in [0.3, 0.4) is 0 Å². The van der Waals surface area contributed by atoms with E-state index < -0.39 is 29.1 Å². The van der Waals surface area contributed by atoms with Crippen molar-refractivity contribution in [1.82, 2.24) is 0 Å². The highest BCUT2D eigenvalue weighted by Gasteiger charge is 2.35. The van der Waals surface area contributed by atoms with Crippen molar-refractivity contribution in [1.29, 1.82) is 0 Å². The molecule has 110 valence electrons. The summed E-state index contributed by atoms with van der Waals surface area (Å²) in [4.78, 5) is 10.8. The van der Waals surface area contributed by atoms with Crippen LogP contribution in [0.4, 0.5) is 14.5 Å². The minimum atomic E-state index is -1.08. The van der Waals surface area contributed by atoms with Gasteiger partial charge in [-0.05, 0) is 37.8 Å². The number of aliphatic carboxylic acids is 1. The van der Waals surface area contributed by atoms with E-state index >= 15 is 0 Å². The lowest BCUT2D eigenvalue weighted by molar-refractivity contribution is -0.144. The van der Waals surface area contributed by atoms with Crippen molar-refractivity contribution in [3.8, 4) is 0 Å². The number of benzene rings is 1. The number of nitrogens with one attached hydrogen (secondary N) is 1. The first-order valence-electron chi connectivity index (χ1n) is 6.54. The maximum atomic E-state index is 13.5. The smallest absolute Gasteiger partial charge is 0.306 e. The van der Waals surface area contributed by atoms with Crippen molar-refractivity contribution in [2.45, 2.75) is 31.3 Å². The van der Waals surface area contributed by atoms with Gasteiger partial charge in [-0.2, -0.15) is 0 Å². The molecule has 0 radical (unpaired) electrons. The lowest BCUT2D eigenvalue weighted by atomic mass is 9.79. The second-order valence-corrected chi connectivity index (χ2v) is 5.29. The number of halogens is 2. The molecule has 1 fully saturated rings. The van der Waals surface area contributed by atoms with E-state index in [4.69, 9.17) is 5.11 Å². The van der Waals surface area contributed by atoms with E-state index in [1.54, 1.807) is 0 Å². The lowest BCUT2D eigenvalue weighted by Gasteiger charge is -2.35. The van der Waals surface area contributed by atoms with Crippen LogP contribution < -0.4 is 5.32 Å². The summed E-state index contributed by atoms with van der Waals surface area (Å²) in [6.07, 6.45) is 1.43. The molecule has 1 aromatic rings. The predicted molar refractivity (Wildman–Crippen MR) is 69.4 cm³/mol. The molecule has 1 aliphatic carbocycles. The van der Waals surface area contributed by atoms with E-state index in [2.05, 4.69) is 5.32 Å². The van der Waals surface area contributed by atoms with Gasteiger partial charge in [0.05, 0.1) is 17.2 Å². The van der Waals surface area contributed by atoms with Crippen LogP contribution in [0.25, 0.3) is 0 Å². The first kappa shape index (κ1) is 14.7. The molecule has 0 bridgehead atoms. The van der Waals surface area contributed by atoms with Crippen molar-refractivity contribution >= 4 is 11.7 Å². The van der Waals surface area contributed by atoms with Gasteiger partial charge in [0, 0.05) is 6.54 Å². The molecule has 1 aromatic carbocycles. The van der Waals surface area contributed by atoms with Crippen LogP contribution in [0.2, 0.25) is 0 Å². The van der Waals surface area contributed by atoms with Gasteiger partial charge >= 0.3 is 5.97 Å². The standard InChI is InChI=1S/C14H17F2NO3/c15-10-2-1-3-11(12(10)16)17-8-14(20)6-4-9(5-7-14)13(18)19/h1-3,9,17,20H,4-8H2,(H,18,19). The topological polar surface area (TPSA) is 69.6 Å². The summed E-state index contributed by atoms with van der Waals surface area (Å²) in [5, 5.41) is 21.9. The Balaban J connectivity index is 1.94. The second kappa shape index (κ2) is 5.75. The molecule has 0 spiro atoms. The maximum Gasteiger partial charge on any atom is 0.306 e. The van der Waals surface area contributed by atoms with E-state index in [-0.39, 0.29) is 12.2 Å². The summed E-state index contributed by atoms with van der Waals surface area (Å²) in [5.41, 5.74) is -1.08. The van der Waals surface area contributed by atoms with Crippen LogP contribution in [-0.2, 0) is 4.79 Å². The molecule has 0 aliphatic heterocycles. The molecule has 6 heteroatoms. The van der Waals surface area contributed by atoms with Crippen molar-refractivity contribution < 1.29 is 23.8 Å². The Bertz CT molecular complexity index is 499. The number of hydrogen-bond donors (Lipinski definition) is 3. The average Bonchev–Trinajstić information content (AvgIpc) is 2.41. The zero-order valence-corrected chi connectivity index (χ0v) is 10.9. The molecule has 3 N–H and O–H groups in total. The third-order valence-corrected chi connectivity index (χ3v) is 3.83. The Kier molecular flexibility index (Phi) is 4.23. The molecule has 0 unspecified atom stereocenters. The number of carboxylic acids is 1. The summed E-state index contributed by atoms with van der Waals surface area (Å²) in [6, 6.07) is 3.80. The minimum Gasteiger partial charge on any atom is -0.481 e. The van der Waals surface area contributed by atoms with Gasteiger partial charge in [-0.1, -0.05) is 6.07 Å². The first-order valence-corrected chi connectivity index (χ1v) is 6.54. The Hall–Kier alpha value is -1.69. The predicted octanol–water partition coefficient (Wildman–Crippen LogP) is 2.38. The van der Waals surface area contributed by atoms with Gasteiger partial charge in [-0.3, -0.25) is 4.79 Å². The van der Waals surface area contributed by atoms with Crippen LogP contribution in [0.1, 0.15) is 25.7 Å². The van der Waals surface area contributed by atoms with E-state index in [1.807, 2.05) is 0 Å². The Morgan fingerprint density at radius 1 is 1.35 bits per heavy atom. The fourth-order valence-electron chi connectivity index (χ4n) is 2.48. The van der Waals surface area contributed by atoms with Crippen LogP contribution >= 0.6 is 0 Å². The minimum absolute atomic E-state index is 0.00113.